The smallest absolute Gasteiger partial charge is 0.255 e. The molecule has 2 rings (SSSR count). The Bertz CT molecular complexity index is 726. The first kappa shape index (κ1) is 18.5. The van der Waals surface area contributed by atoms with Gasteiger partial charge in [-0.1, -0.05) is 19.4 Å². The summed E-state index contributed by atoms with van der Waals surface area (Å²) in [6.07, 6.45) is 2.09. The predicted octanol–water partition coefficient (Wildman–Crippen LogP) is 4.10. The van der Waals surface area contributed by atoms with Gasteiger partial charge in [-0.25, -0.2) is 0 Å². The van der Waals surface area contributed by atoms with Crippen molar-refractivity contribution in [3.63, 3.8) is 0 Å². The predicted molar refractivity (Wildman–Crippen MR) is 100 cm³/mol. The van der Waals surface area contributed by atoms with E-state index >= 15 is 0 Å². The number of carbonyl (C=O) groups is 2. The van der Waals surface area contributed by atoms with Crippen LogP contribution in [0.3, 0.4) is 0 Å². The fourth-order valence-electron chi connectivity index (χ4n) is 2.21. The maximum absolute atomic E-state index is 12.4. The number of anilines is 2. The van der Waals surface area contributed by atoms with Crippen LogP contribution in [0.5, 0.6) is 5.75 Å². The number of hydrogen-bond donors (Lipinski definition) is 1. The van der Waals surface area contributed by atoms with Crippen LogP contribution in [0.4, 0.5) is 11.4 Å². The SMILES string of the molecule is CCCCOc1ccc(C(=O)Nc2cccc(N(C)C(C)=O)c2)cc1. The highest BCUT2D eigenvalue weighted by Crippen LogP contribution is 2.20. The lowest BCUT2D eigenvalue weighted by molar-refractivity contribution is -0.116. The minimum absolute atomic E-state index is 0.0675. The summed E-state index contributed by atoms with van der Waals surface area (Å²) in [6.45, 7) is 4.29. The molecule has 0 aliphatic carbocycles. The molecule has 0 heterocycles. The van der Waals surface area contributed by atoms with Crippen molar-refractivity contribution >= 4 is 23.2 Å². The van der Waals surface area contributed by atoms with Crippen LogP contribution in [-0.4, -0.2) is 25.5 Å². The number of ether oxygens (including phenoxy) is 1. The third-order valence-corrected chi connectivity index (χ3v) is 3.85. The topological polar surface area (TPSA) is 58.6 Å². The highest BCUT2D eigenvalue weighted by Gasteiger charge is 2.09. The van der Waals surface area contributed by atoms with E-state index < -0.39 is 0 Å². The summed E-state index contributed by atoms with van der Waals surface area (Å²) in [6, 6.07) is 14.2. The van der Waals surface area contributed by atoms with Crippen molar-refractivity contribution in [3.8, 4) is 5.75 Å². The second kappa shape index (κ2) is 8.87. The standard InChI is InChI=1S/C20H24N2O3/c1-4-5-13-25-19-11-9-16(10-12-19)20(24)21-17-7-6-8-18(14-17)22(3)15(2)23/h6-12,14H,4-5,13H2,1-3H3,(H,21,24). The summed E-state index contributed by atoms with van der Waals surface area (Å²) in [5, 5.41) is 2.85. The summed E-state index contributed by atoms with van der Waals surface area (Å²) in [7, 11) is 1.69. The van der Waals surface area contributed by atoms with Gasteiger partial charge in [0.15, 0.2) is 0 Å². The molecular weight excluding hydrogens is 316 g/mol. The molecule has 2 aromatic rings. The summed E-state index contributed by atoms with van der Waals surface area (Å²) >= 11 is 0. The van der Waals surface area contributed by atoms with Gasteiger partial charge in [0.1, 0.15) is 5.75 Å². The van der Waals surface area contributed by atoms with Gasteiger partial charge in [0.05, 0.1) is 6.61 Å². The number of amides is 2. The van der Waals surface area contributed by atoms with Crippen molar-refractivity contribution in [2.45, 2.75) is 26.7 Å². The molecule has 0 saturated carbocycles. The summed E-state index contributed by atoms with van der Waals surface area (Å²) < 4.78 is 5.59. The Balaban J connectivity index is 2.02. The van der Waals surface area contributed by atoms with Crippen molar-refractivity contribution in [3.05, 3.63) is 54.1 Å². The number of benzene rings is 2. The molecule has 5 heteroatoms. The van der Waals surface area contributed by atoms with Gasteiger partial charge >= 0.3 is 0 Å². The third kappa shape index (κ3) is 5.35. The summed E-state index contributed by atoms with van der Waals surface area (Å²) in [5.41, 5.74) is 1.91. The maximum Gasteiger partial charge on any atom is 0.255 e. The maximum atomic E-state index is 12.4. The number of rotatable bonds is 7. The second-order valence-corrected chi connectivity index (χ2v) is 5.81. The number of nitrogens with zero attached hydrogens (tertiary/aromatic N) is 1. The molecule has 0 saturated heterocycles. The highest BCUT2D eigenvalue weighted by atomic mass is 16.5. The van der Waals surface area contributed by atoms with E-state index in [2.05, 4.69) is 12.2 Å². The first-order valence-electron chi connectivity index (χ1n) is 8.40. The number of carbonyl (C=O) groups excluding carboxylic acids is 2. The van der Waals surface area contributed by atoms with Crippen LogP contribution in [-0.2, 0) is 4.79 Å². The summed E-state index contributed by atoms with van der Waals surface area (Å²) in [5.74, 6) is 0.486. The van der Waals surface area contributed by atoms with Crippen LogP contribution in [0.25, 0.3) is 0 Å². The van der Waals surface area contributed by atoms with Gasteiger partial charge in [0.25, 0.3) is 5.91 Å². The average molecular weight is 340 g/mol. The molecular formula is C20H24N2O3. The van der Waals surface area contributed by atoms with Crippen molar-refractivity contribution in [2.75, 3.05) is 23.9 Å². The van der Waals surface area contributed by atoms with E-state index in [0.717, 1.165) is 24.3 Å². The molecule has 2 amide bonds. The molecule has 0 unspecified atom stereocenters. The lowest BCUT2D eigenvalue weighted by Crippen LogP contribution is -2.23. The van der Waals surface area contributed by atoms with Gasteiger partial charge in [-0.05, 0) is 48.9 Å². The first-order valence-corrected chi connectivity index (χ1v) is 8.40. The van der Waals surface area contributed by atoms with Gasteiger partial charge in [0.2, 0.25) is 5.91 Å². The number of nitrogens with one attached hydrogen (secondary N) is 1. The van der Waals surface area contributed by atoms with Crippen LogP contribution in [0, 0.1) is 0 Å². The summed E-state index contributed by atoms with van der Waals surface area (Å²) in [4.78, 5) is 25.3. The fourth-order valence-corrected chi connectivity index (χ4v) is 2.21. The van der Waals surface area contributed by atoms with Crippen LogP contribution >= 0.6 is 0 Å². The highest BCUT2D eigenvalue weighted by molar-refractivity contribution is 6.04. The minimum Gasteiger partial charge on any atom is -0.494 e. The molecule has 5 nitrogen and oxygen atoms in total. The molecule has 0 aliphatic rings. The fraction of sp³-hybridized carbons (Fsp3) is 0.300. The monoisotopic (exact) mass is 340 g/mol. The number of unbranched alkanes of at least 4 members (excludes halogenated alkanes) is 1. The Hall–Kier alpha value is -2.82. The van der Waals surface area contributed by atoms with Gasteiger partial charge in [0, 0.05) is 30.9 Å². The Kier molecular flexibility index (Phi) is 6.57. The lowest BCUT2D eigenvalue weighted by atomic mass is 10.2. The molecule has 132 valence electrons. The van der Waals surface area contributed by atoms with E-state index in [1.54, 1.807) is 49.5 Å². The lowest BCUT2D eigenvalue weighted by Gasteiger charge is -2.16. The zero-order valence-electron chi connectivity index (χ0n) is 14.9. The van der Waals surface area contributed by atoms with E-state index in [9.17, 15) is 9.59 Å². The molecule has 2 aromatic carbocycles. The Morgan fingerprint density at radius 3 is 2.48 bits per heavy atom. The third-order valence-electron chi connectivity index (χ3n) is 3.85. The van der Waals surface area contributed by atoms with E-state index in [1.807, 2.05) is 6.07 Å². The molecule has 0 radical (unpaired) electrons. The minimum atomic E-state index is -0.206. The van der Waals surface area contributed by atoms with E-state index in [1.165, 1.54) is 11.8 Å². The molecule has 0 aliphatic heterocycles. The van der Waals surface area contributed by atoms with E-state index in [4.69, 9.17) is 4.74 Å². The van der Waals surface area contributed by atoms with Gasteiger partial charge in [-0.3, -0.25) is 9.59 Å². The largest absolute Gasteiger partial charge is 0.494 e. The Morgan fingerprint density at radius 1 is 1.12 bits per heavy atom. The first-order chi connectivity index (χ1) is 12.0. The van der Waals surface area contributed by atoms with Crippen molar-refractivity contribution < 1.29 is 14.3 Å². The van der Waals surface area contributed by atoms with Crippen molar-refractivity contribution in [2.24, 2.45) is 0 Å². The quantitative estimate of drug-likeness (QED) is 0.772. The number of hydrogen-bond acceptors (Lipinski definition) is 3. The van der Waals surface area contributed by atoms with Gasteiger partial charge in [-0.15, -0.1) is 0 Å². The Morgan fingerprint density at radius 2 is 1.84 bits per heavy atom. The van der Waals surface area contributed by atoms with Crippen LogP contribution < -0.4 is 15.0 Å². The second-order valence-electron chi connectivity index (χ2n) is 5.81. The van der Waals surface area contributed by atoms with E-state index in [-0.39, 0.29) is 11.8 Å². The van der Waals surface area contributed by atoms with Gasteiger partial charge in [-0.2, -0.15) is 0 Å². The van der Waals surface area contributed by atoms with Crippen LogP contribution in [0.2, 0.25) is 0 Å². The molecule has 1 N–H and O–H groups in total. The van der Waals surface area contributed by atoms with Crippen molar-refractivity contribution in [1.82, 2.24) is 0 Å². The normalized spacial score (nSPS) is 10.2. The zero-order valence-corrected chi connectivity index (χ0v) is 14.9. The molecule has 0 fully saturated rings. The molecule has 25 heavy (non-hydrogen) atoms. The van der Waals surface area contributed by atoms with Gasteiger partial charge < -0.3 is 15.0 Å². The van der Waals surface area contributed by atoms with Crippen LogP contribution in [0.1, 0.15) is 37.0 Å². The molecule has 0 atom stereocenters. The van der Waals surface area contributed by atoms with E-state index in [0.29, 0.717) is 17.9 Å². The Labute approximate surface area is 148 Å². The zero-order chi connectivity index (χ0) is 18.2. The molecule has 0 bridgehead atoms. The molecule has 0 aromatic heterocycles. The molecule has 0 spiro atoms. The average Bonchev–Trinajstić information content (AvgIpc) is 2.62. The van der Waals surface area contributed by atoms with Crippen molar-refractivity contribution in [1.29, 1.82) is 0 Å². The van der Waals surface area contributed by atoms with Crippen LogP contribution in [0.15, 0.2) is 48.5 Å².